The summed E-state index contributed by atoms with van der Waals surface area (Å²) in [5, 5.41) is 8.97. The van der Waals surface area contributed by atoms with Crippen molar-refractivity contribution in [1.29, 1.82) is 0 Å². The highest BCUT2D eigenvalue weighted by Gasteiger charge is 2.13. The molecule has 0 fully saturated rings. The van der Waals surface area contributed by atoms with Crippen LogP contribution in [0.25, 0.3) is 0 Å². The third-order valence-corrected chi connectivity index (χ3v) is 2.85. The van der Waals surface area contributed by atoms with Crippen molar-refractivity contribution in [3.8, 4) is 5.75 Å². The number of hydrogen-bond donors (Lipinski definition) is 1. The molecule has 0 aromatic heterocycles. The lowest BCUT2D eigenvalue weighted by Gasteiger charge is -2.21. The van der Waals surface area contributed by atoms with E-state index >= 15 is 0 Å². The Kier molecular flexibility index (Phi) is 7.04. The number of methoxy groups -OCH3 is 1. The number of ether oxygens (including phenoxy) is 2. The molecule has 0 heterocycles. The van der Waals surface area contributed by atoms with Crippen LogP contribution in [-0.2, 0) is 9.53 Å². The Labute approximate surface area is 120 Å². The fourth-order valence-corrected chi connectivity index (χ4v) is 1.94. The van der Waals surface area contributed by atoms with Gasteiger partial charge in [0.15, 0.2) is 6.61 Å². The number of carbonyl (C=O) groups excluding carboxylic acids is 1. The summed E-state index contributed by atoms with van der Waals surface area (Å²) in [6.45, 7) is 5.04. The smallest absolute Gasteiger partial charge is 0.260 e. The predicted molar refractivity (Wildman–Crippen MR) is 77.0 cm³/mol. The van der Waals surface area contributed by atoms with E-state index in [9.17, 15) is 4.79 Å². The molecule has 0 spiro atoms. The Bertz CT molecular complexity index is 414. The molecule has 0 atom stereocenters. The molecule has 112 valence electrons. The number of aliphatic hydroxyl groups excluding tert-OH is 1. The highest BCUT2D eigenvalue weighted by molar-refractivity contribution is 5.77. The van der Waals surface area contributed by atoms with Crippen LogP contribution in [0.5, 0.6) is 5.75 Å². The third kappa shape index (κ3) is 5.59. The molecular formula is C15H23NO4. The van der Waals surface area contributed by atoms with Crippen molar-refractivity contribution >= 4 is 5.91 Å². The fourth-order valence-electron chi connectivity index (χ4n) is 1.94. The normalized spacial score (nSPS) is 10.4. The van der Waals surface area contributed by atoms with Crippen LogP contribution >= 0.6 is 0 Å². The number of amides is 1. The minimum absolute atomic E-state index is 0.0351. The maximum atomic E-state index is 12.0. The average Bonchev–Trinajstić information content (AvgIpc) is 2.39. The first-order valence-electron chi connectivity index (χ1n) is 6.65. The molecule has 5 heteroatoms. The zero-order chi connectivity index (χ0) is 15.0. The number of aryl methyl sites for hydroxylation is 2. The molecule has 0 bridgehead atoms. The number of hydrogen-bond acceptors (Lipinski definition) is 4. The summed E-state index contributed by atoms with van der Waals surface area (Å²) in [4.78, 5) is 13.6. The van der Waals surface area contributed by atoms with Gasteiger partial charge in [-0.05, 0) is 37.1 Å². The lowest BCUT2D eigenvalue weighted by atomic mass is 10.1. The van der Waals surface area contributed by atoms with Crippen molar-refractivity contribution < 1.29 is 19.4 Å². The van der Waals surface area contributed by atoms with Gasteiger partial charge in [-0.2, -0.15) is 0 Å². The Hall–Kier alpha value is -1.59. The van der Waals surface area contributed by atoms with Gasteiger partial charge in [-0.25, -0.2) is 0 Å². The van der Waals surface area contributed by atoms with Crippen LogP contribution in [0.15, 0.2) is 18.2 Å². The van der Waals surface area contributed by atoms with Gasteiger partial charge in [-0.3, -0.25) is 4.79 Å². The van der Waals surface area contributed by atoms with Crippen LogP contribution < -0.4 is 4.74 Å². The standard InChI is InChI=1S/C15H23NO4/c1-12-8-13(2)10-14(9-12)20-11-15(18)16(4-6-17)5-7-19-3/h8-10,17H,4-7,11H2,1-3H3. The van der Waals surface area contributed by atoms with Crippen LogP contribution in [0.4, 0.5) is 0 Å². The highest BCUT2D eigenvalue weighted by atomic mass is 16.5. The first-order valence-corrected chi connectivity index (χ1v) is 6.65. The summed E-state index contributed by atoms with van der Waals surface area (Å²) in [6, 6.07) is 5.84. The van der Waals surface area contributed by atoms with E-state index in [0.717, 1.165) is 11.1 Å². The van der Waals surface area contributed by atoms with Crippen LogP contribution in [0, 0.1) is 13.8 Å². The van der Waals surface area contributed by atoms with Crippen molar-refractivity contribution in [3.05, 3.63) is 29.3 Å². The molecule has 0 aliphatic carbocycles. The van der Waals surface area contributed by atoms with E-state index in [1.54, 1.807) is 7.11 Å². The predicted octanol–water partition coefficient (Wildman–Crippen LogP) is 1.15. The van der Waals surface area contributed by atoms with Gasteiger partial charge in [-0.15, -0.1) is 0 Å². The van der Waals surface area contributed by atoms with Gasteiger partial charge in [0.2, 0.25) is 0 Å². The number of rotatable bonds is 8. The monoisotopic (exact) mass is 281 g/mol. The molecule has 0 saturated carbocycles. The van der Waals surface area contributed by atoms with Crippen LogP contribution in [0.1, 0.15) is 11.1 Å². The Morgan fingerprint density at radius 1 is 1.20 bits per heavy atom. The van der Waals surface area contributed by atoms with E-state index in [2.05, 4.69) is 0 Å². The van der Waals surface area contributed by atoms with Crippen LogP contribution in [-0.4, -0.2) is 55.9 Å². The summed E-state index contributed by atoms with van der Waals surface area (Å²) in [7, 11) is 1.58. The van der Waals surface area contributed by atoms with Gasteiger partial charge in [-0.1, -0.05) is 6.07 Å². The van der Waals surface area contributed by atoms with Gasteiger partial charge in [0.05, 0.1) is 13.2 Å². The number of carbonyl (C=O) groups is 1. The van der Waals surface area contributed by atoms with E-state index in [1.807, 2.05) is 32.0 Å². The zero-order valence-electron chi connectivity index (χ0n) is 12.4. The topological polar surface area (TPSA) is 59.0 Å². The largest absolute Gasteiger partial charge is 0.484 e. The van der Waals surface area contributed by atoms with Crippen LogP contribution in [0.2, 0.25) is 0 Å². The van der Waals surface area contributed by atoms with Gasteiger partial charge >= 0.3 is 0 Å². The first-order chi connectivity index (χ1) is 9.56. The van der Waals surface area contributed by atoms with Gasteiger partial charge < -0.3 is 19.5 Å². The number of benzene rings is 1. The number of aliphatic hydroxyl groups is 1. The molecular weight excluding hydrogens is 258 g/mol. The molecule has 0 radical (unpaired) electrons. The van der Waals surface area contributed by atoms with E-state index in [0.29, 0.717) is 25.4 Å². The molecule has 1 rings (SSSR count). The molecule has 20 heavy (non-hydrogen) atoms. The summed E-state index contributed by atoms with van der Waals surface area (Å²) in [6.07, 6.45) is 0. The second kappa shape index (κ2) is 8.55. The average molecular weight is 281 g/mol. The minimum Gasteiger partial charge on any atom is -0.484 e. The molecule has 1 aromatic rings. The Morgan fingerprint density at radius 2 is 1.85 bits per heavy atom. The van der Waals surface area contributed by atoms with E-state index in [4.69, 9.17) is 14.6 Å². The fraction of sp³-hybridized carbons (Fsp3) is 0.533. The van der Waals surface area contributed by atoms with Crippen molar-refractivity contribution in [1.82, 2.24) is 4.90 Å². The van der Waals surface area contributed by atoms with Crippen molar-refractivity contribution in [2.24, 2.45) is 0 Å². The SMILES string of the molecule is COCCN(CCO)C(=O)COc1cc(C)cc(C)c1. The minimum atomic E-state index is -0.157. The highest BCUT2D eigenvalue weighted by Crippen LogP contribution is 2.16. The van der Waals surface area contributed by atoms with Crippen molar-refractivity contribution in [3.63, 3.8) is 0 Å². The van der Waals surface area contributed by atoms with E-state index in [1.165, 1.54) is 4.90 Å². The van der Waals surface area contributed by atoms with Crippen molar-refractivity contribution in [2.75, 3.05) is 40.0 Å². The summed E-state index contributed by atoms with van der Waals surface area (Å²) in [5.74, 6) is 0.529. The molecule has 0 saturated heterocycles. The van der Waals surface area contributed by atoms with E-state index in [-0.39, 0.29) is 19.1 Å². The molecule has 0 unspecified atom stereocenters. The molecule has 1 N–H and O–H groups in total. The summed E-state index contributed by atoms with van der Waals surface area (Å²) < 4.78 is 10.5. The van der Waals surface area contributed by atoms with Gasteiger partial charge in [0.25, 0.3) is 5.91 Å². The molecule has 5 nitrogen and oxygen atoms in total. The van der Waals surface area contributed by atoms with Crippen molar-refractivity contribution in [2.45, 2.75) is 13.8 Å². The zero-order valence-corrected chi connectivity index (χ0v) is 12.4. The van der Waals surface area contributed by atoms with Gasteiger partial charge in [0, 0.05) is 20.2 Å². The summed E-state index contributed by atoms with van der Waals surface area (Å²) >= 11 is 0. The quantitative estimate of drug-likeness (QED) is 0.776. The van der Waals surface area contributed by atoms with Crippen LogP contribution in [0.3, 0.4) is 0 Å². The third-order valence-electron chi connectivity index (χ3n) is 2.85. The first kappa shape index (κ1) is 16.5. The Balaban J connectivity index is 2.54. The van der Waals surface area contributed by atoms with E-state index < -0.39 is 0 Å². The second-order valence-corrected chi connectivity index (χ2v) is 4.71. The number of nitrogens with zero attached hydrogens (tertiary/aromatic N) is 1. The van der Waals surface area contributed by atoms with Gasteiger partial charge in [0.1, 0.15) is 5.75 Å². The maximum Gasteiger partial charge on any atom is 0.260 e. The molecule has 1 aromatic carbocycles. The molecule has 0 aliphatic heterocycles. The second-order valence-electron chi connectivity index (χ2n) is 4.71. The lowest BCUT2D eigenvalue weighted by Crippen LogP contribution is -2.39. The molecule has 1 amide bonds. The lowest BCUT2D eigenvalue weighted by molar-refractivity contribution is -0.134. The summed E-state index contributed by atoms with van der Waals surface area (Å²) in [5.41, 5.74) is 2.19. The maximum absolute atomic E-state index is 12.0. The Morgan fingerprint density at radius 3 is 2.40 bits per heavy atom. The molecule has 0 aliphatic rings.